The lowest BCUT2D eigenvalue weighted by atomic mass is 9.98. The van der Waals surface area contributed by atoms with Gasteiger partial charge in [-0.3, -0.25) is 0 Å². The molecule has 18 heavy (non-hydrogen) atoms. The van der Waals surface area contributed by atoms with Gasteiger partial charge in [-0.25, -0.2) is 0 Å². The highest BCUT2D eigenvalue weighted by molar-refractivity contribution is 5.32. The smallest absolute Gasteiger partial charge is 0.390 e. The lowest BCUT2D eigenvalue weighted by Gasteiger charge is -2.19. The van der Waals surface area contributed by atoms with Crippen molar-refractivity contribution in [2.75, 3.05) is 6.54 Å². The lowest BCUT2D eigenvalue weighted by molar-refractivity contribution is -0.137. The maximum absolute atomic E-state index is 12.6. The molecule has 0 aliphatic carbocycles. The van der Waals surface area contributed by atoms with E-state index in [1.54, 1.807) is 0 Å². The Morgan fingerprint density at radius 3 is 2.33 bits per heavy atom. The monoisotopic (exact) mass is 263 g/mol. The predicted molar refractivity (Wildman–Crippen MR) is 60.8 cm³/mol. The maximum Gasteiger partial charge on any atom is 0.416 e. The van der Waals surface area contributed by atoms with Crippen molar-refractivity contribution >= 4 is 0 Å². The van der Waals surface area contributed by atoms with Crippen molar-refractivity contribution < 1.29 is 23.4 Å². The van der Waals surface area contributed by atoms with Crippen molar-refractivity contribution in [1.82, 2.24) is 0 Å². The van der Waals surface area contributed by atoms with Gasteiger partial charge in [-0.2, -0.15) is 13.2 Å². The first-order valence-electron chi connectivity index (χ1n) is 5.50. The molecule has 0 aromatic heterocycles. The molecule has 2 unspecified atom stereocenters. The summed E-state index contributed by atoms with van der Waals surface area (Å²) in [7, 11) is 0. The second-order valence-electron chi connectivity index (χ2n) is 4.22. The SMILES string of the molecule is Cc1cc(C(O)C(O)CCN)cc(C(F)(F)F)c1. The molecular formula is C12H16F3NO2. The number of rotatable bonds is 4. The van der Waals surface area contributed by atoms with Gasteiger partial charge < -0.3 is 15.9 Å². The highest BCUT2D eigenvalue weighted by Crippen LogP contribution is 2.32. The van der Waals surface area contributed by atoms with Crippen LogP contribution >= 0.6 is 0 Å². The fraction of sp³-hybridized carbons (Fsp3) is 0.500. The first-order chi connectivity index (χ1) is 8.25. The first-order valence-corrected chi connectivity index (χ1v) is 5.50. The Morgan fingerprint density at radius 1 is 1.22 bits per heavy atom. The predicted octanol–water partition coefficient (Wildman–Crippen LogP) is 1.76. The van der Waals surface area contributed by atoms with Crippen LogP contribution in [0, 0.1) is 6.92 Å². The molecule has 0 saturated heterocycles. The molecule has 0 spiro atoms. The molecule has 2 atom stereocenters. The van der Waals surface area contributed by atoms with Gasteiger partial charge in [0.1, 0.15) is 6.10 Å². The fourth-order valence-electron chi connectivity index (χ4n) is 1.70. The van der Waals surface area contributed by atoms with Crippen LogP contribution in [0.1, 0.15) is 29.2 Å². The number of alkyl halides is 3. The third kappa shape index (κ3) is 3.69. The molecule has 0 aliphatic rings. The summed E-state index contributed by atoms with van der Waals surface area (Å²) >= 11 is 0. The van der Waals surface area contributed by atoms with Gasteiger partial charge in [-0.1, -0.05) is 11.6 Å². The van der Waals surface area contributed by atoms with Gasteiger partial charge in [0.25, 0.3) is 0 Å². The summed E-state index contributed by atoms with van der Waals surface area (Å²) in [5.74, 6) is 0. The van der Waals surface area contributed by atoms with E-state index >= 15 is 0 Å². The van der Waals surface area contributed by atoms with E-state index in [9.17, 15) is 23.4 Å². The van der Waals surface area contributed by atoms with Crippen LogP contribution in [0.25, 0.3) is 0 Å². The molecule has 1 rings (SSSR count). The summed E-state index contributed by atoms with van der Waals surface area (Å²) in [6.45, 7) is 1.65. The number of hydrogen-bond donors (Lipinski definition) is 3. The zero-order chi connectivity index (χ0) is 13.9. The number of nitrogens with two attached hydrogens (primary N) is 1. The van der Waals surface area contributed by atoms with Gasteiger partial charge in [0.05, 0.1) is 11.7 Å². The number of hydrogen-bond acceptors (Lipinski definition) is 3. The van der Waals surface area contributed by atoms with Gasteiger partial charge in [-0.15, -0.1) is 0 Å². The van der Waals surface area contributed by atoms with Crippen LogP contribution in [0.15, 0.2) is 18.2 Å². The molecule has 6 heteroatoms. The molecule has 0 saturated carbocycles. The molecule has 0 amide bonds. The molecule has 3 nitrogen and oxygen atoms in total. The van der Waals surface area contributed by atoms with Crippen molar-refractivity contribution in [3.05, 3.63) is 34.9 Å². The van der Waals surface area contributed by atoms with Gasteiger partial charge >= 0.3 is 6.18 Å². The number of aryl methyl sites for hydroxylation is 1. The maximum atomic E-state index is 12.6. The molecule has 0 aliphatic heterocycles. The van der Waals surface area contributed by atoms with E-state index < -0.39 is 23.9 Å². The summed E-state index contributed by atoms with van der Waals surface area (Å²) in [6.07, 6.45) is -6.89. The molecule has 102 valence electrons. The topological polar surface area (TPSA) is 66.5 Å². The number of aliphatic hydroxyl groups is 2. The minimum Gasteiger partial charge on any atom is -0.390 e. The van der Waals surface area contributed by atoms with Crippen LogP contribution in [0.3, 0.4) is 0 Å². The zero-order valence-corrected chi connectivity index (χ0v) is 9.91. The van der Waals surface area contributed by atoms with Gasteiger partial charge in [0.2, 0.25) is 0 Å². The van der Waals surface area contributed by atoms with Crippen LogP contribution < -0.4 is 5.73 Å². The number of aliphatic hydroxyl groups excluding tert-OH is 2. The Labute approximate surface area is 103 Å². The van der Waals surface area contributed by atoms with Crippen LogP contribution in [0.2, 0.25) is 0 Å². The summed E-state index contributed by atoms with van der Waals surface area (Å²) in [5.41, 5.74) is 4.81. The molecule has 0 bridgehead atoms. The van der Waals surface area contributed by atoms with E-state index in [4.69, 9.17) is 5.73 Å². The molecule has 1 aromatic carbocycles. The quantitative estimate of drug-likeness (QED) is 0.775. The Kier molecular flexibility index (Phi) is 4.72. The molecule has 0 fully saturated rings. The van der Waals surface area contributed by atoms with Crippen LogP contribution in [0.5, 0.6) is 0 Å². The minimum absolute atomic E-state index is 0.0447. The van der Waals surface area contributed by atoms with E-state index in [0.29, 0.717) is 5.56 Å². The Balaban J connectivity index is 3.06. The first kappa shape index (κ1) is 14.9. The highest BCUT2D eigenvalue weighted by Gasteiger charge is 2.32. The largest absolute Gasteiger partial charge is 0.416 e. The number of halogens is 3. The standard InChI is InChI=1S/C12H16F3NO2/c1-7-4-8(11(18)10(17)2-3-16)6-9(5-7)12(13,14)15/h4-6,10-11,17-18H,2-3,16H2,1H3. The lowest BCUT2D eigenvalue weighted by Crippen LogP contribution is -2.22. The van der Waals surface area contributed by atoms with Crippen LogP contribution in [-0.4, -0.2) is 22.9 Å². The summed E-state index contributed by atoms with van der Waals surface area (Å²) in [4.78, 5) is 0. The third-order valence-electron chi connectivity index (χ3n) is 2.60. The van der Waals surface area contributed by atoms with Crippen molar-refractivity contribution in [3.63, 3.8) is 0 Å². The van der Waals surface area contributed by atoms with E-state index in [-0.39, 0.29) is 18.5 Å². The number of benzene rings is 1. The molecule has 4 N–H and O–H groups in total. The molecule has 0 radical (unpaired) electrons. The third-order valence-corrected chi connectivity index (χ3v) is 2.60. The van der Waals surface area contributed by atoms with Gasteiger partial charge in [0.15, 0.2) is 0 Å². The molecule has 1 aromatic rings. The summed E-state index contributed by atoms with van der Waals surface area (Å²) in [5, 5.41) is 19.3. The fourth-order valence-corrected chi connectivity index (χ4v) is 1.70. The van der Waals surface area contributed by atoms with Crippen molar-refractivity contribution in [2.45, 2.75) is 31.7 Å². The Hall–Kier alpha value is -1.11. The van der Waals surface area contributed by atoms with Gasteiger partial charge in [0, 0.05) is 0 Å². The van der Waals surface area contributed by atoms with Crippen LogP contribution in [0.4, 0.5) is 13.2 Å². The van der Waals surface area contributed by atoms with Crippen LogP contribution in [-0.2, 0) is 6.18 Å². The average molecular weight is 263 g/mol. The van der Waals surface area contributed by atoms with E-state index in [1.165, 1.54) is 13.0 Å². The Morgan fingerprint density at radius 2 is 1.83 bits per heavy atom. The highest BCUT2D eigenvalue weighted by atomic mass is 19.4. The summed E-state index contributed by atoms with van der Waals surface area (Å²) < 4.78 is 37.8. The molecular weight excluding hydrogens is 247 g/mol. The average Bonchev–Trinajstić information content (AvgIpc) is 2.26. The molecule has 0 heterocycles. The van der Waals surface area contributed by atoms with E-state index in [2.05, 4.69) is 0 Å². The second kappa shape index (κ2) is 5.69. The van der Waals surface area contributed by atoms with Crippen molar-refractivity contribution in [2.24, 2.45) is 5.73 Å². The Bertz CT molecular complexity index is 407. The normalized spacial score (nSPS) is 15.5. The minimum atomic E-state index is -4.47. The van der Waals surface area contributed by atoms with Gasteiger partial charge in [-0.05, 0) is 37.6 Å². The van der Waals surface area contributed by atoms with Crippen molar-refractivity contribution in [3.8, 4) is 0 Å². The summed E-state index contributed by atoms with van der Waals surface area (Å²) in [6, 6.07) is 3.25. The van der Waals surface area contributed by atoms with Crippen molar-refractivity contribution in [1.29, 1.82) is 0 Å². The van der Waals surface area contributed by atoms with E-state index in [1.807, 2.05) is 0 Å². The second-order valence-corrected chi connectivity index (χ2v) is 4.22. The zero-order valence-electron chi connectivity index (χ0n) is 9.91. The van der Waals surface area contributed by atoms with E-state index in [0.717, 1.165) is 12.1 Å².